The molecule has 0 saturated carbocycles. The van der Waals surface area contributed by atoms with Gasteiger partial charge in [-0.2, -0.15) is 9.97 Å². The van der Waals surface area contributed by atoms with Crippen molar-refractivity contribution in [2.24, 2.45) is 0 Å². The van der Waals surface area contributed by atoms with E-state index in [2.05, 4.69) is 53.1 Å². The topological polar surface area (TPSA) is 65.0 Å². The Morgan fingerprint density at radius 1 is 1.12 bits per heavy atom. The molecular weight excluding hydrogens is 568 g/mol. The predicted molar refractivity (Wildman–Crippen MR) is 175 cm³/mol. The largest absolute Gasteiger partial charge is 0.467 e. The van der Waals surface area contributed by atoms with Crippen molar-refractivity contribution in [3.63, 3.8) is 0 Å². The number of likely N-dealkylation sites (tertiary alicyclic amines) is 2. The molecular formula is C32H41ClN6O2S. The molecule has 8 nitrogen and oxygen atoms in total. The number of rotatable bonds is 6. The van der Waals surface area contributed by atoms with E-state index in [0.717, 1.165) is 64.5 Å². The third-order valence-corrected chi connectivity index (χ3v) is 9.13. The van der Waals surface area contributed by atoms with E-state index in [1.807, 2.05) is 28.7 Å². The van der Waals surface area contributed by atoms with Gasteiger partial charge >= 0.3 is 6.01 Å². The molecule has 0 N–H and O–H groups in total. The number of hydrogen-bond donors (Lipinski definition) is 0. The van der Waals surface area contributed by atoms with Crippen molar-refractivity contribution in [2.45, 2.75) is 38.3 Å². The first-order chi connectivity index (χ1) is 20.4. The summed E-state index contributed by atoms with van der Waals surface area (Å²) in [6.07, 6.45) is 8.14. The Morgan fingerprint density at radius 2 is 1.88 bits per heavy atom. The monoisotopic (exact) mass is 608 g/mol. The van der Waals surface area contributed by atoms with E-state index < -0.39 is 0 Å². The Morgan fingerprint density at radius 3 is 2.57 bits per heavy atom. The van der Waals surface area contributed by atoms with Crippen LogP contribution >= 0.6 is 23.4 Å². The maximum Gasteiger partial charge on any atom is 0.318 e. The van der Waals surface area contributed by atoms with Crippen LogP contribution in [0.15, 0.2) is 47.9 Å². The Labute approximate surface area is 258 Å². The van der Waals surface area contributed by atoms with E-state index >= 15 is 0 Å². The van der Waals surface area contributed by atoms with Gasteiger partial charge in [-0.1, -0.05) is 35.9 Å². The second kappa shape index (κ2) is 14.0. The van der Waals surface area contributed by atoms with Crippen molar-refractivity contribution < 1.29 is 9.53 Å². The van der Waals surface area contributed by atoms with Crippen molar-refractivity contribution in [1.29, 1.82) is 0 Å². The van der Waals surface area contributed by atoms with Gasteiger partial charge in [-0.25, -0.2) is 0 Å². The second-order valence-electron chi connectivity index (χ2n) is 11.1. The van der Waals surface area contributed by atoms with Crippen molar-refractivity contribution in [1.82, 2.24) is 19.8 Å². The zero-order chi connectivity index (χ0) is 29.6. The van der Waals surface area contributed by atoms with Gasteiger partial charge in [0.15, 0.2) is 0 Å². The third kappa shape index (κ3) is 6.79. The van der Waals surface area contributed by atoms with Gasteiger partial charge in [0.25, 0.3) is 0 Å². The molecule has 1 amide bonds. The summed E-state index contributed by atoms with van der Waals surface area (Å²) in [4.78, 5) is 30.8. The quantitative estimate of drug-likeness (QED) is 0.341. The van der Waals surface area contributed by atoms with Crippen LogP contribution in [-0.4, -0.2) is 91.9 Å². The summed E-state index contributed by atoms with van der Waals surface area (Å²) in [5, 5.41) is 4.77. The summed E-state index contributed by atoms with van der Waals surface area (Å²) in [5.74, 6) is 0.957. The average Bonchev–Trinajstić information content (AvgIpc) is 3.71. The molecule has 6 rings (SSSR count). The van der Waals surface area contributed by atoms with Crippen LogP contribution in [0.3, 0.4) is 0 Å². The second-order valence-corrected chi connectivity index (χ2v) is 12.3. The minimum Gasteiger partial charge on any atom is -0.467 e. The fourth-order valence-corrected chi connectivity index (χ4v) is 6.59. The van der Waals surface area contributed by atoms with Gasteiger partial charge in [-0.3, -0.25) is 4.79 Å². The predicted octanol–water partition coefficient (Wildman–Crippen LogP) is 5.48. The fourth-order valence-electron chi connectivity index (χ4n) is 6.05. The number of carbonyl (C=O) groups is 1. The number of anilines is 2. The number of ether oxygens (including phenoxy) is 1. The van der Waals surface area contributed by atoms with Crippen LogP contribution in [0.25, 0.3) is 10.8 Å². The van der Waals surface area contributed by atoms with Gasteiger partial charge in [0.05, 0.1) is 24.4 Å². The molecule has 42 heavy (non-hydrogen) atoms. The molecule has 0 radical (unpaired) electrons. The lowest BCUT2D eigenvalue weighted by atomic mass is 10.0. The highest BCUT2D eigenvalue weighted by molar-refractivity contribution is 8.01. The van der Waals surface area contributed by atoms with Crippen LogP contribution < -0.4 is 14.5 Å². The van der Waals surface area contributed by atoms with Crippen molar-refractivity contribution in [2.75, 3.05) is 70.0 Å². The number of hydrogen-bond acceptors (Lipinski definition) is 8. The summed E-state index contributed by atoms with van der Waals surface area (Å²) < 4.78 is 5.50. The summed E-state index contributed by atoms with van der Waals surface area (Å²) in [5.41, 5.74) is 3.22. The summed E-state index contributed by atoms with van der Waals surface area (Å²) in [7, 11) is 5.84. The summed E-state index contributed by atoms with van der Waals surface area (Å²) in [6, 6.07) is 12.9. The average molecular weight is 609 g/mol. The van der Waals surface area contributed by atoms with Crippen LogP contribution in [0.1, 0.15) is 30.5 Å². The normalized spacial score (nSPS) is 18.7. The molecule has 0 bridgehead atoms. The highest BCUT2D eigenvalue weighted by Crippen LogP contribution is 2.37. The molecule has 2 saturated heterocycles. The molecule has 3 aliphatic rings. The van der Waals surface area contributed by atoms with Crippen LogP contribution in [0.5, 0.6) is 6.01 Å². The smallest absolute Gasteiger partial charge is 0.318 e. The summed E-state index contributed by atoms with van der Waals surface area (Å²) >= 11 is 8.15. The summed E-state index contributed by atoms with van der Waals surface area (Å²) in [6.45, 7) is 5.54. The molecule has 1 aromatic heterocycles. The zero-order valence-corrected chi connectivity index (χ0v) is 26.6. The molecule has 1 unspecified atom stereocenters. The fraction of sp³-hybridized carbons (Fsp3) is 0.469. The van der Waals surface area contributed by atoms with Crippen molar-refractivity contribution in [3.05, 3.63) is 64.2 Å². The molecule has 0 spiro atoms. The van der Waals surface area contributed by atoms with Gasteiger partial charge in [-0.15, -0.1) is 11.8 Å². The highest BCUT2D eigenvalue weighted by atomic mass is 35.5. The number of methoxy groups -OCH3 is 1. The molecule has 3 aromatic rings. The first-order valence-corrected chi connectivity index (χ1v) is 16.3. The first kappa shape index (κ1) is 30.4. The van der Waals surface area contributed by atoms with E-state index in [9.17, 15) is 4.79 Å². The van der Waals surface area contributed by atoms with Gasteiger partial charge in [0.1, 0.15) is 5.82 Å². The standard InChI is InChI=1S/C27H30ClN5O2S.C5H11N/c1-31(19-10-13-33(16-19)24(34)12-15-36-3)26-20-11-14-32(17-22(20)29-27(30-26)35-2)23-9-5-7-18-6-4-8-21(28)25(18)23;1-6-4-2-3-5-6/h4-9,12,15,19H,10-11,13-14,16-17H2,1-3H3;2-5H2,1H3/b15-12+;. The van der Waals surface area contributed by atoms with E-state index in [1.165, 1.54) is 37.7 Å². The van der Waals surface area contributed by atoms with Crippen molar-refractivity contribution in [3.8, 4) is 6.01 Å². The number of likely N-dealkylation sites (N-methyl/N-ethyl adjacent to an activating group) is 1. The van der Waals surface area contributed by atoms with E-state index in [4.69, 9.17) is 26.3 Å². The molecule has 1 atom stereocenters. The minimum absolute atomic E-state index is 0.0620. The van der Waals surface area contributed by atoms with Gasteiger partial charge in [-0.05, 0) is 75.0 Å². The number of carbonyl (C=O) groups excluding carboxylic acids is 1. The molecule has 10 heteroatoms. The molecule has 0 aliphatic carbocycles. The lowest BCUT2D eigenvalue weighted by Gasteiger charge is -2.34. The van der Waals surface area contributed by atoms with Crippen LogP contribution in [0.4, 0.5) is 11.5 Å². The van der Waals surface area contributed by atoms with Crippen LogP contribution in [0.2, 0.25) is 5.02 Å². The number of aromatic nitrogens is 2. The molecule has 2 aromatic carbocycles. The Balaban J connectivity index is 0.000000524. The number of fused-ring (bicyclic) bond motifs is 2. The third-order valence-electron chi connectivity index (χ3n) is 8.41. The molecule has 2 fully saturated rings. The Kier molecular flexibility index (Phi) is 10.1. The van der Waals surface area contributed by atoms with Crippen LogP contribution in [-0.2, 0) is 17.8 Å². The van der Waals surface area contributed by atoms with Crippen molar-refractivity contribution >= 4 is 51.5 Å². The number of halogens is 1. The molecule has 3 aliphatic heterocycles. The van der Waals surface area contributed by atoms with E-state index in [0.29, 0.717) is 19.1 Å². The molecule has 224 valence electrons. The Hall–Kier alpha value is -3.01. The van der Waals surface area contributed by atoms with Gasteiger partial charge in [0.2, 0.25) is 5.91 Å². The minimum atomic E-state index is 0.0620. The number of thioether (sulfide) groups is 1. The van der Waals surface area contributed by atoms with Gasteiger partial charge in [0, 0.05) is 55.4 Å². The maximum atomic E-state index is 12.5. The SMILES string of the molecule is CN1CCCC1.COc1nc2c(c(N(C)C3CCN(C(=O)/C=C/SC)C3)n1)CCN(c1cccc3cccc(Cl)c13)C2. The maximum absolute atomic E-state index is 12.5. The molecule has 4 heterocycles. The number of nitrogens with zero attached hydrogens (tertiary/aromatic N) is 6. The number of amides is 1. The first-order valence-electron chi connectivity index (χ1n) is 14.6. The lowest BCUT2D eigenvalue weighted by molar-refractivity contribution is -0.125. The number of benzene rings is 2. The van der Waals surface area contributed by atoms with Gasteiger partial charge < -0.3 is 24.3 Å². The van der Waals surface area contributed by atoms with Crippen LogP contribution in [0, 0.1) is 0 Å². The lowest BCUT2D eigenvalue weighted by Crippen LogP contribution is -2.39. The highest BCUT2D eigenvalue weighted by Gasteiger charge is 2.32. The van der Waals surface area contributed by atoms with E-state index in [-0.39, 0.29) is 11.9 Å². The van der Waals surface area contributed by atoms with E-state index in [1.54, 1.807) is 13.2 Å². The Bertz CT molecular complexity index is 1420. The zero-order valence-electron chi connectivity index (χ0n) is 25.1.